The van der Waals surface area contributed by atoms with Gasteiger partial charge < -0.3 is 0 Å². The van der Waals surface area contributed by atoms with Crippen molar-refractivity contribution in [2.24, 2.45) is 4.99 Å². The van der Waals surface area contributed by atoms with Gasteiger partial charge in [-0.1, -0.05) is 0 Å². The highest BCUT2D eigenvalue weighted by Crippen LogP contribution is 2.30. The first-order chi connectivity index (χ1) is 9.92. The van der Waals surface area contributed by atoms with Gasteiger partial charge in [-0.3, -0.25) is 24.6 Å². The van der Waals surface area contributed by atoms with E-state index in [1.165, 1.54) is 16.2 Å². The van der Waals surface area contributed by atoms with Crippen molar-refractivity contribution in [3.63, 3.8) is 0 Å². The Morgan fingerprint density at radius 1 is 1.48 bits per heavy atom. The molecule has 1 aliphatic heterocycles. The zero-order valence-corrected chi connectivity index (χ0v) is 13.0. The number of carbonyl (C=O) groups is 3. The molecule has 0 saturated carbocycles. The average molecular weight is 307 g/mol. The van der Waals surface area contributed by atoms with Crippen LogP contribution < -0.4 is 5.32 Å². The molecule has 1 aliphatic rings. The third-order valence-electron chi connectivity index (χ3n) is 3.31. The number of aryl methyl sites for hydroxylation is 2. The van der Waals surface area contributed by atoms with E-state index in [4.69, 9.17) is 0 Å². The quantitative estimate of drug-likeness (QED) is 0.399. The number of hydrogen-bond donors (Lipinski definition) is 1. The third-order valence-corrected chi connectivity index (χ3v) is 4.36. The van der Waals surface area contributed by atoms with Crippen molar-refractivity contribution in [1.82, 2.24) is 10.2 Å². The summed E-state index contributed by atoms with van der Waals surface area (Å²) >= 11 is 1.53. The Hall–Kier alpha value is -2.02. The summed E-state index contributed by atoms with van der Waals surface area (Å²) in [6.45, 7) is 5.63. The van der Waals surface area contributed by atoms with Gasteiger partial charge >= 0.3 is 0 Å². The van der Waals surface area contributed by atoms with E-state index in [0.717, 1.165) is 15.4 Å². The Morgan fingerprint density at radius 3 is 2.71 bits per heavy atom. The number of rotatable bonds is 3. The lowest BCUT2D eigenvalue weighted by atomic mass is 10.0. The lowest BCUT2D eigenvalue weighted by Gasteiger charge is -2.29. The van der Waals surface area contributed by atoms with Gasteiger partial charge in [-0.25, -0.2) is 4.99 Å². The maximum absolute atomic E-state index is 11.8. The van der Waals surface area contributed by atoms with Gasteiger partial charge in [-0.2, -0.15) is 0 Å². The highest BCUT2D eigenvalue weighted by Gasteiger charge is 2.32. The number of piperidine rings is 1. The van der Waals surface area contributed by atoms with Crippen molar-refractivity contribution in [3.8, 4) is 0 Å². The van der Waals surface area contributed by atoms with Crippen LogP contribution in [0, 0.1) is 13.8 Å². The monoisotopic (exact) mass is 307 g/mol. The molecule has 112 valence electrons. The first-order valence-electron chi connectivity index (χ1n) is 6.62. The molecule has 0 spiro atoms. The minimum Gasteiger partial charge on any atom is -0.295 e. The SMILES string of the molecule is CC(=Nc1sc(C)cc1C)N(C=O)C1CCC(=O)NC1=O. The normalized spacial score (nSPS) is 19.4. The second-order valence-corrected chi connectivity index (χ2v) is 6.22. The van der Waals surface area contributed by atoms with E-state index >= 15 is 0 Å². The summed E-state index contributed by atoms with van der Waals surface area (Å²) in [6, 6.07) is 1.35. The highest BCUT2D eigenvalue weighted by atomic mass is 32.1. The molecule has 6 nitrogen and oxygen atoms in total. The summed E-state index contributed by atoms with van der Waals surface area (Å²) in [7, 11) is 0. The van der Waals surface area contributed by atoms with Crippen molar-refractivity contribution >= 4 is 40.4 Å². The van der Waals surface area contributed by atoms with Crippen LogP contribution >= 0.6 is 11.3 Å². The molecule has 1 aromatic heterocycles. The Labute approximate surface area is 126 Å². The highest BCUT2D eigenvalue weighted by molar-refractivity contribution is 7.16. The summed E-state index contributed by atoms with van der Waals surface area (Å²) in [4.78, 5) is 41.2. The lowest BCUT2D eigenvalue weighted by Crippen LogP contribution is -2.53. The van der Waals surface area contributed by atoms with Gasteiger partial charge in [0.1, 0.15) is 16.9 Å². The van der Waals surface area contributed by atoms with Crippen molar-refractivity contribution in [2.45, 2.75) is 39.7 Å². The maximum Gasteiger partial charge on any atom is 0.249 e. The number of nitrogens with zero attached hydrogens (tertiary/aromatic N) is 2. The minimum atomic E-state index is -0.676. The van der Waals surface area contributed by atoms with E-state index in [1.54, 1.807) is 6.92 Å². The van der Waals surface area contributed by atoms with E-state index < -0.39 is 11.9 Å². The first-order valence-corrected chi connectivity index (χ1v) is 7.43. The number of aliphatic imine (C=N–C) groups is 1. The fourth-order valence-corrected chi connectivity index (χ4v) is 3.21. The summed E-state index contributed by atoms with van der Waals surface area (Å²) in [5.41, 5.74) is 1.03. The van der Waals surface area contributed by atoms with Gasteiger partial charge in [0, 0.05) is 11.3 Å². The Kier molecular flexibility index (Phi) is 4.52. The zero-order valence-electron chi connectivity index (χ0n) is 12.2. The van der Waals surface area contributed by atoms with Gasteiger partial charge in [0.05, 0.1) is 0 Å². The summed E-state index contributed by atoms with van der Waals surface area (Å²) in [5, 5.41) is 3.07. The maximum atomic E-state index is 11.8. The van der Waals surface area contributed by atoms with E-state index in [-0.39, 0.29) is 12.3 Å². The molecule has 2 rings (SSSR count). The van der Waals surface area contributed by atoms with Gasteiger partial charge in [0.2, 0.25) is 18.2 Å². The van der Waals surface area contributed by atoms with Gasteiger partial charge in [0.15, 0.2) is 0 Å². The molecule has 1 N–H and O–H groups in total. The summed E-state index contributed by atoms with van der Waals surface area (Å²) in [6.07, 6.45) is 1.14. The van der Waals surface area contributed by atoms with Crippen LogP contribution in [0.15, 0.2) is 11.1 Å². The lowest BCUT2D eigenvalue weighted by molar-refractivity contribution is -0.138. The number of thiophene rings is 1. The molecule has 3 amide bonds. The van der Waals surface area contributed by atoms with Crippen LogP contribution in [0.5, 0.6) is 0 Å². The zero-order chi connectivity index (χ0) is 15.6. The van der Waals surface area contributed by atoms with Crippen LogP contribution in [0.25, 0.3) is 0 Å². The molecular weight excluding hydrogens is 290 g/mol. The topological polar surface area (TPSA) is 78.8 Å². The Morgan fingerprint density at radius 2 is 2.19 bits per heavy atom. The summed E-state index contributed by atoms with van der Waals surface area (Å²) < 4.78 is 0. The van der Waals surface area contributed by atoms with E-state index in [0.29, 0.717) is 18.7 Å². The van der Waals surface area contributed by atoms with Crippen LogP contribution in [-0.4, -0.2) is 35.0 Å². The molecule has 2 heterocycles. The van der Waals surface area contributed by atoms with Crippen molar-refractivity contribution in [1.29, 1.82) is 0 Å². The summed E-state index contributed by atoms with van der Waals surface area (Å²) in [5.74, 6) is -0.308. The van der Waals surface area contributed by atoms with Crippen LogP contribution in [-0.2, 0) is 14.4 Å². The molecule has 7 heteroatoms. The number of hydrogen-bond acceptors (Lipinski definition) is 5. The molecule has 0 bridgehead atoms. The van der Waals surface area contributed by atoms with E-state index in [1.807, 2.05) is 19.9 Å². The second-order valence-electron chi connectivity index (χ2n) is 4.98. The smallest absolute Gasteiger partial charge is 0.249 e. The third kappa shape index (κ3) is 3.36. The molecule has 0 aromatic carbocycles. The molecule has 0 radical (unpaired) electrons. The molecule has 21 heavy (non-hydrogen) atoms. The van der Waals surface area contributed by atoms with Crippen molar-refractivity contribution in [2.75, 3.05) is 0 Å². The molecule has 0 aliphatic carbocycles. The Bertz CT molecular complexity index is 621. The molecule has 1 saturated heterocycles. The number of nitrogens with one attached hydrogen (secondary N) is 1. The van der Waals surface area contributed by atoms with Crippen LogP contribution in [0.1, 0.15) is 30.2 Å². The van der Waals surface area contributed by atoms with Crippen LogP contribution in [0.3, 0.4) is 0 Å². The second kappa shape index (κ2) is 6.17. The number of amides is 3. The first kappa shape index (κ1) is 15.4. The minimum absolute atomic E-state index is 0.227. The van der Waals surface area contributed by atoms with Gasteiger partial charge in [-0.15, -0.1) is 11.3 Å². The standard InChI is InChI=1S/C14H17N3O3S/c1-8-6-9(2)21-14(8)15-10(3)17(7-18)11-4-5-12(19)16-13(11)20/h6-7,11H,4-5H2,1-3H3,(H,16,19,20). The molecule has 1 atom stereocenters. The fraction of sp³-hybridized carbons (Fsp3) is 0.429. The van der Waals surface area contributed by atoms with Gasteiger partial charge in [-0.05, 0) is 38.8 Å². The number of imide groups is 1. The largest absolute Gasteiger partial charge is 0.295 e. The predicted octanol–water partition coefficient (Wildman–Crippen LogP) is 1.68. The molecule has 1 aromatic rings. The molecule has 1 unspecified atom stereocenters. The van der Waals surface area contributed by atoms with Gasteiger partial charge in [0.25, 0.3) is 0 Å². The molecular formula is C14H17N3O3S. The predicted molar refractivity (Wildman–Crippen MR) is 80.6 cm³/mol. The van der Waals surface area contributed by atoms with Crippen molar-refractivity contribution < 1.29 is 14.4 Å². The van der Waals surface area contributed by atoms with E-state index in [9.17, 15) is 14.4 Å². The number of carbonyl (C=O) groups excluding carboxylic acids is 3. The Balaban J connectivity index is 2.24. The van der Waals surface area contributed by atoms with Crippen molar-refractivity contribution in [3.05, 3.63) is 16.5 Å². The van der Waals surface area contributed by atoms with Crippen LogP contribution in [0.4, 0.5) is 5.00 Å². The fourth-order valence-electron chi connectivity index (χ4n) is 2.27. The average Bonchev–Trinajstić information content (AvgIpc) is 2.71. The number of amidine groups is 1. The van der Waals surface area contributed by atoms with E-state index in [2.05, 4.69) is 10.3 Å². The van der Waals surface area contributed by atoms with Crippen LogP contribution in [0.2, 0.25) is 0 Å². The molecule has 1 fully saturated rings.